The maximum absolute atomic E-state index is 11.6. The fraction of sp³-hybridized carbons (Fsp3) is 0.167. The molecule has 0 amide bonds. The van der Waals surface area contributed by atoms with E-state index >= 15 is 0 Å². The zero-order valence-electron chi connectivity index (χ0n) is 14.5. The fourth-order valence-electron chi connectivity index (χ4n) is 2.26. The predicted octanol–water partition coefficient (Wildman–Crippen LogP) is 3.35. The third-order valence-electron chi connectivity index (χ3n) is 3.56. The van der Waals surface area contributed by atoms with Crippen molar-refractivity contribution in [3.63, 3.8) is 0 Å². The van der Waals surface area contributed by atoms with Gasteiger partial charge in [-0.1, -0.05) is 6.07 Å². The number of aromatic nitrogens is 3. The number of nitrogens with one attached hydrogen (secondary N) is 2. The topological polar surface area (TPSA) is 96.9 Å². The molecule has 0 aliphatic heterocycles. The molecule has 2 N–H and O–H groups in total. The van der Waals surface area contributed by atoms with Crippen molar-refractivity contribution in [2.75, 3.05) is 15.8 Å². The summed E-state index contributed by atoms with van der Waals surface area (Å²) in [7, 11) is -3.28. The highest BCUT2D eigenvalue weighted by molar-refractivity contribution is 7.92. The van der Waals surface area contributed by atoms with Gasteiger partial charge in [0.15, 0.2) is 5.82 Å². The van der Waals surface area contributed by atoms with Crippen molar-refractivity contribution < 1.29 is 8.42 Å². The number of hydrogen-bond donors (Lipinski definition) is 2. The predicted molar refractivity (Wildman–Crippen MR) is 103 cm³/mol. The quantitative estimate of drug-likeness (QED) is 0.692. The Labute approximate surface area is 152 Å². The number of anilines is 3. The van der Waals surface area contributed by atoms with Gasteiger partial charge in [0, 0.05) is 29.3 Å². The van der Waals surface area contributed by atoms with Crippen LogP contribution in [0.1, 0.15) is 12.6 Å². The largest absolute Gasteiger partial charge is 0.340 e. The molecule has 0 atom stereocenters. The summed E-state index contributed by atoms with van der Waals surface area (Å²) in [4.78, 5) is 13.2. The van der Waals surface area contributed by atoms with E-state index in [-0.39, 0.29) is 5.75 Å². The molecule has 0 spiro atoms. The lowest BCUT2D eigenvalue weighted by atomic mass is 10.3. The van der Waals surface area contributed by atoms with Crippen LogP contribution < -0.4 is 10.0 Å². The number of sulfonamides is 1. The van der Waals surface area contributed by atoms with Gasteiger partial charge in [-0.3, -0.25) is 9.71 Å². The Morgan fingerprint density at radius 2 is 1.73 bits per heavy atom. The van der Waals surface area contributed by atoms with Gasteiger partial charge in [-0.2, -0.15) is 0 Å². The van der Waals surface area contributed by atoms with Gasteiger partial charge < -0.3 is 5.32 Å². The van der Waals surface area contributed by atoms with E-state index in [9.17, 15) is 8.42 Å². The molecule has 0 saturated heterocycles. The van der Waals surface area contributed by atoms with Gasteiger partial charge >= 0.3 is 0 Å². The van der Waals surface area contributed by atoms with E-state index in [1.807, 2.05) is 31.2 Å². The molecule has 7 nitrogen and oxygen atoms in total. The van der Waals surface area contributed by atoms with E-state index in [0.717, 1.165) is 11.4 Å². The highest BCUT2D eigenvalue weighted by atomic mass is 32.2. The molecule has 2 heterocycles. The minimum Gasteiger partial charge on any atom is -0.340 e. The third kappa shape index (κ3) is 4.54. The van der Waals surface area contributed by atoms with Crippen molar-refractivity contribution in [3.8, 4) is 11.5 Å². The lowest BCUT2D eigenvalue weighted by molar-refractivity contribution is 0.602. The lowest BCUT2D eigenvalue weighted by Crippen LogP contribution is -2.14. The first-order chi connectivity index (χ1) is 12.4. The molecule has 0 aliphatic rings. The van der Waals surface area contributed by atoms with Gasteiger partial charge in [0.1, 0.15) is 11.5 Å². The molecule has 0 fully saturated rings. The second kappa shape index (κ2) is 7.49. The zero-order valence-corrected chi connectivity index (χ0v) is 15.3. The molecule has 134 valence electrons. The summed E-state index contributed by atoms with van der Waals surface area (Å²) in [6, 6.07) is 14.4. The molecule has 1 aromatic carbocycles. The van der Waals surface area contributed by atoms with Gasteiger partial charge in [-0.05, 0) is 50.2 Å². The highest BCUT2D eigenvalue weighted by Gasteiger charge is 2.08. The summed E-state index contributed by atoms with van der Waals surface area (Å²) in [5, 5.41) is 3.20. The van der Waals surface area contributed by atoms with E-state index in [0.29, 0.717) is 23.0 Å². The summed E-state index contributed by atoms with van der Waals surface area (Å²) >= 11 is 0. The van der Waals surface area contributed by atoms with Gasteiger partial charge in [0.2, 0.25) is 10.0 Å². The average Bonchev–Trinajstić information content (AvgIpc) is 2.63. The van der Waals surface area contributed by atoms with Crippen LogP contribution >= 0.6 is 0 Å². The first-order valence-corrected chi connectivity index (χ1v) is 9.75. The van der Waals surface area contributed by atoms with E-state index in [2.05, 4.69) is 25.0 Å². The van der Waals surface area contributed by atoms with Crippen LogP contribution in [-0.4, -0.2) is 29.1 Å². The monoisotopic (exact) mass is 369 g/mol. The van der Waals surface area contributed by atoms with Crippen molar-refractivity contribution >= 4 is 27.2 Å². The Bertz CT molecular complexity index is 990. The second-order valence-electron chi connectivity index (χ2n) is 5.64. The number of rotatable bonds is 6. The van der Waals surface area contributed by atoms with Crippen LogP contribution in [-0.2, 0) is 10.0 Å². The maximum atomic E-state index is 11.6. The Morgan fingerprint density at radius 1 is 1.00 bits per heavy atom. The second-order valence-corrected chi connectivity index (χ2v) is 7.65. The van der Waals surface area contributed by atoms with Gasteiger partial charge in [0.05, 0.1) is 5.75 Å². The zero-order chi connectivity index (χ0) is 18.6. The standard InChI is InChI=1S/C18H19N5O2S/c1-3-26(24,25)23-15-9-7-14(8-10-15)21-17-12-13(2)20-18(22-17)16-6-4-5-11-19-16/h4-12,23H,3H2,1-2H3,(H,20,21,22). The molecule has 8 heteroatoms. The van der Waals surface area contributed by atoms with Crippen molar-refractivity contribution in [1.82, 2.24) is 15.0 Å². The summed E-state index contributed by atoms with van der Waals surface area (Å²) in [6.45, 7) is 3.48. The van der Waals surface area contributed by atoms with E-state index < -0.39 is 10.0 Å². The van der Waals surface area contributed by atoms with Crippen LogP contribution in [0.5, 0.6) is 0 Å². The molecule has 0 aliphatic carbocycles. The van der Waals surface area contributed by atoms with Crippen LogP contribution in [0.15, 0.2) is 54.7 Å². The molecule has 0 unspecified atom stereocenters. The normalized spacial score (nSPS) is 11.2. The summed E-state index contributed by atoms with van der Waals surface area (Å²) in [5.74, 6) is 1.21. The lowest BCUT2D eigenvalue weighted by Gasteiger charge is -2.10. The summed E-state index contributed by atoms with van der Waals surface area (Å²) < 4.78 is 25.7. The smallest absolute Gasteiger partial charge is 0.232 e. The molecule has 3 aromatic rings. The van der Waals surface area contributed by atoms with Crippen LogP contribution in [0, 0.1) is 6.92 Å². The summed E-state index contributed by atoms with van der Waals surface area (Å²) in [5.41, 5.74) is 2.82. The maximum Gasteiger partial charge on any atom is 0.232 e. The SMILES string of the molecule is CCS(=O)(=O)Nc1ccc(Nc2cc(C)nc(-c3ccccn3)n2)cc1. The molecule has 2 aromatic heterocycles. The van der Waals surface area contributed by atoms with Crippen molar-refractivity contribution in [2.24, 2.45) is 0 Å². The van der Waals surface area contributed by atoms with Crippen LogP contribution in [0.4, 0.5) is 17.2 Å². The van der Waals surface area contributed by atoms with Crippen LogP contribution in [0.3, 0.4) is 0 Å². The first kappa shape index (κ1) is 17.8. The van der Waals surface area contributed by atoms with Crippen molar-refractivity contribution in [3.05, 3.63) is 60.4 Å². The third-order valence-corrected chi connectivity index (χ3v) is 4.87. The molecule has 26 heavy (non-hydrogen) atoms. The van der Waals surface area contributed by atoms with Gasteiger partial charge in [-0.15, -0.1) is 0 Å². The number of aryl methyl sites for hydroxylation is 1. The Kier molecular flexibility index (Phi) is 5.13. The van der Waals surface area contributed by atoms with Crippen molar-refractivity contribution in [1.29, 1.82) is 0 Å². The molecule has 0 bridgehead atoms. The summed E-state index contributed by atoms with van der Waals surface area (Å²) in [6.07, 6.45) is 1.70. The van der Waals surface area contributed by atoms with Crippen LogP contribution in [0.2, 0.25) is 0 Å². The number of hydrogen-bond acceptors (Lipinski definition) is 6. The molecule has 3 rings (SSSR count). The number of pyridine rings is 1. The number of nitrogens with zero attached hydrogens (tertiary/aromatic N) is 3. The molecule has 0 saturated carbocycles. The van der Waals surface area contributed by atoms with Crippen molar-refractivity contribution in [2.45, 2.75) is 13.8 Å². The van der Waals surface area contributed by atoms with E-state index in [4.69, 9.17) is 0 Å². The Balaban J connectivity index is 1.80. The van der Waals surface area contributed by atoms with Gasteiger partial charge in [0.25, 0.3) is 0 Å². The first-order valence-electron chi connectivity index (χ1n) is 8.10. The Hall–Kier alpha value is -3.00. The highest BCUT2D eigenvalue weighted by Crippen LogP contribution is 2.21. The number of benzene rings is 1. The van der Waals surface area contributed by atoms with Gasteiger partial charge in [-0.25, -0.2) is 18.4 Å². The molecular formula is C18H19N5O2S. The Morgan fingerprint density at radius 3 is 2.38 bits per heavy atom. The molecular weight excluding hydrogens is 350 g/mol. The van der Waals surface area contributed by atoms with E-state index in [1.54, 1.807) is 37.4 Å². The van der Waals surface area contributed by atoms with Crippen LogP contribution in [0.25, 0.3) is 11.5 Å². The minimum absolute atomic E-state index is 0.0313. The fourth-order valence-corrected chi connectivity index (χ4v) is 2.90. The molecule has 0 radical (unpaired) electrons. The minimum atomic E-state index is -3.28. The van der Waals surface area contributed by atoms with E-state index in [1.165, 1.54) is 0 Å². The average molecular weight is 369 g/mol.